The molecule has 0 aliphatic carbocycles. The molecule has 1 N–H and O–H groups in total. The molecule has 0 heterocycles. The van der Waals surface area contributed by atoms with Gasteiger partial charge in [0.05, 0.1) is 5.02 Å². The van der Waals surface area contributed by atoms with Crippen LogP contribution in [0.1, 0.15) is 11.1 Å². The molecule has 0 bridgehead atoms. The van der Waals surface area contributed by atoms with Crippen molar-refractivity contribution in [3.05, 3.63) is 34.3 Å². The summed E-state index contributed by atoms with van der Waals surface area (Å²) in [5.74, 6) is 0. The molecule has 0 atom stereocenters. The Morgan fingerprint density at radius 3 is 2.67 bits per heavy atom. The predicted octanol–water partition coefficient (Wildman–Crippen LogP) is 3.02. The quantitative estimate of drug-likeness (QED) is 0.425. The molecule has 0 fully saturated rings. The van der Waals surface area contributed by atoms with Crippen molar-refractivity contribution in [2.75, 3.05) is 0 Å². The molecule has 12 heavy (non-hydrogen) atoms. The van der Waals surface area contributed by atoms with Crippen molar-refractivity contribution in [3.63, 3.8) is 0 Å². The maximum Gasteiger partial charge on any atom is 0.176 e. The summed E-state index contributed by atoms with van der Waals surface area (Å²) < 4.78 is 0. The average molecular weight is 204 g/mol. The topological polar surface area (TPSA) is 32.6 Å². The summed E-state index contributed by atoms with van der Waals surface area (Å²) in [6.45, 7) is 1.92. The molecule has 0 aromatic heterocycles. The second-order valence-electron chi connectivity index (χ2n) is 2.37. The van der Waals surface area contributed by atoms with Crippen LogP contribution in [0.25, 0.3) is 0 Å². The fraction of sp³-hybridized carbons (Fsp3) is 0.125. The third-order valence-corrected chi connectivity index (χ3v) is 2.03. The second-order valence-corrected chi connectivity index (χ2v) is 3.14. The van der Waals surface area contributed by atoms with Gasteiger partial charge in [-0.1, -0.05) is 34.4 Å². The number of hydrogen-bond donors (Lipinski definition) is 1. The molecule has 0 aliphatic rings. The first-order valence-electron chi connectivity index (χ1n) is 3.29. The maximum atomic E-state index is 8.38. The van der Waals surface area contributed by atoms with Crippen LogP contribution < -0.4 is 0 Å². The van der Waals surface area contributed by atoms with E-state index >= 15 is 0 Å². The van der Waals surface area contributed by atoms with Crippen LogP contribution in [0, 0.1) is 6.92 Å². The van der Waals surface area contributed by atoms with Crippen molar-refractivity contribution >= 4 is 28.4 Å². The van der Waals surface area contributed by atoms with Crippen LogP contribution in [0.4, 0.5) is 0 Å². The highest BCUT2D eigenvalue weighted by Crippen LogP contribution is 2.19. The van der Waals surface area contributed by atoms with Crippen molar-refractivity contribution in [1.82, 2.24) is 0 Å². The highest BCUT2D eigenvalue weighted by molar-refractivity contribution is 6.70. The Kier molecular flexibility index (Phi) is 2.95. The lowest BCUT2D eigenvalue weighted by Gasteiger charge is -2.00. The van der Waals surface area contributed by atoms with Gasteiger partial charge in [0, 0.05) is 5.56 Å². The number of benzene rings is 1. The monoisotopic (exact) mass is 203 g/mol. The first-order valence-corrected chi connectivity index (χ1v) is 4.05. The summed E-state index contributed by atoms with van der Waals surface area (Å²) in [4.78, 5) is 0. The van der Waals surface area contributed by atoms with E-state index < -0.39 is 0 Å². The van der Waals surface area contributed by atoms with Crippen LogP contribution in [0.15, 0.2) is 23.4 Å². The van der Waals surface area contributed by atoms with E-state index in [9.17, 15) is 0 Å². The van der Waals surface area contributed by atoms with E-state index in [1.807, 2.05) is 13.0 Å². The van der Waals surface area contributed by atoms with Gasteiger partial charge >= 0.3 is 0 Å². The van der Waals surface area contributed by atoms with Gasteiger partial charge in [0.2, 0.25) is 0 Å². The third-order valence-electron chi connectivity index (χ3n) is 1.43. The van der Waals surface area contributed by atoms with Crippen LogP contribution in [-0.2, 0) is 0 Å². The Morgan fingerprint density at radius 2 is 2.17 bits per heavy atom. The van der Waals surface area contributed by atoms with Gasteiger partial charge in [0.1, 0.15) is 0 Å². The predicted molar refractivity (Wildman–Crippen MR) is 50.4 cm³/mol. The molecular weight excluding hydrogens is 197 g/mol. The molecule has 0 aliphatic heterocycles. The molecule has 64 valence electrons. The Hall–Kier alpha value is -0.730. The van der Waals surface area contributed by atoms with Gasteiger partial charge in [-0.05, 0) is 24.6 Å². The number of oxime groups is 1. The zero-order valence-corrected chi connectivity index (χ0v) is 7.89. The zero-order chi connectivity index (χ0) is 9.14. The first-order chi connectivity index (χ1) is 5.65. The molecule has 1 aromatic rings. The molecule has 1 aromatic carbocycles. The average Bonchev–Trinajstić information content (AvgIpc) is 2.03. The molecule has 0 spiro atoms. The van der Waals surface area contributed by atoms with Gasteiger partial charge in [0.15, 0.2) is 5.17 Å². The summed E-state index contributed by atoms with van der Waals surface area (Å²) in [7, 11) is 0. The fourth-order valence-electron chi connectivity index (χ4n) is 0.841. The van der Waals surface area contributed by atoms with Crippen LogP contribution >= 0.6 is 23.2 Å². The summed E-state index contributed by atoms with van der Waals surface area (Å²) >= 11 is 11.4. The van der Waals surface area contributed by atoms with Crippen molar-refractivity contribution in [3.8, 4) is 0 Å². The molecule has 0 saturated carbocycles. The lowest BCUT2D eigenvalue weighted by atomic mass is 10.2. The van der Waals surface area contributed by atoms with E-state index in [1.165, 1.54) is 0 Å². The van der Waals surface area contributed by atoms with E-state index in [0.717, 1.165) is 5.56 Å². The van der Waals surface area contributed by atoms with Crippen molar-refractivity contribution < 1.29 is 5.21 Å². The highest BCUT2D eigenvalue weighted by atomic mass is 35.5. The van der Waals surface area contributed by atoms with Crippen molar-refractivity contribution in [2.45, 2.75) is 6.92 Å². The summed E-state index contributed by atoms with van der Waals surface area (Å²) in [6.07, 6.45) is 0. The van der Waals surface area contributed by atoms with E-state index in [1.54, 1.807) is 12.1 Å². The largest absolute Gasteiger partial charge is 0.410 e. The number of aryl methyl sites for hydroxylation is 1. The zero-order valence-electron chi connectivity index (χ0n) is 6.38. The molecule has 4 heteroatoms. The van der Waals surface area contributed by atoms with Gasteiger partial charge in [-0.25, -0.2) is 0 Å². The maximum absolute atomic E-state index is 8.38. The van der Waals surface area contributed by atoms with Gasteiger partial charge in [-0.2, -0.15) is 0 Å². The van der Waals surface area contributed by atoms with E-state index in [0.29, 0.717) is 10.6 Å². The lowest BCUT2D eigenvalue weighted by Crippen LogP contribution is -1.92. The molecule has 0 unspecified atom stereocenters. The van der Waals surface area contributed by atoms with E-state index in [4.69, 9.17) is 28.4 Å². The fourth-order valence-corrected chi connectivity index (χ4v) is 1.38. The number of hydrogen-bond acceptors (Lipinski definition) is 2. The van der Waals surface area contributed by atoms with Gasteiger partial charge in [0.25, 0.3) is 0 Å². The number of nitrogens with zero attached hydrogens (tertiary/aromatic N) is 1. The van der Waals surface area contributed by atoms with Crippen LogP contribution in [0.3, 0.4) is 0 Å². The third kappa shape index (κ3) is 1.90. The van der Waals surface area contributed by atoms with Gasteiger partial charge < -0.3 is 5.21 Å². The minimum Gasteiger partial charge on any atom is -0.410 e. The SMILES string of the molecule is Cc1ccc(/C(Cl)=N/O)c(Cl)c1. The minimum absolute atomic E-state index is 0.000000000000000444. The molecule has 2 nitrogen and oxygen atoms in total. The van der Waals surface area contributed by atoms with Crippen molar-refractivity contribution in [1.29, 1.82) is 0 Å². The highest BCUT2D eigenvalue weighted by Gasteiger charge is 2.05. The smallest absolute Gasteiger partial charge is 0.176 e. The number of rotatable bonds is 1. The van der Waals surface area contributed by atoms with Crippen LogP contribution in [-0.4, -0.2) is 10.4 Å². The Labute approximate surface area is 80.4 Å². The summed E-state index contributed by atoms with van der Waals surface area (Å²) in [6, 6.07) is 5.30. The summed E-state index contributed by atoms with van der Waals surface area (Å²) in [5.41, 5.74) is 1.57. The van der Waals surface area contributed by atoms with Gasteiger partial charge in [-0.3, -0.25) is 0 Å². The normalized spacial score (nSPS) is 11.8. The molecule has 0 radical (unpaired) electrons. The first kappa shape index (κ1) is 9.36. The molecule has 0 saturated heterocycles. The Morgan fingerprint density at radius 1 is 1.50 bits per heavy atom. The van der Waals surface area contributed by atoms with Gasteiger partial charge in [-0.15, -0.1) is 0 Å². The Balaban J connectivity index is 3.18. The standard InChI is InChI=1S/C8H7Cl2NO/c1-5-2-3-6(7(9)4-5)8(10)11-12/h2-4,12H,1H3/b11-8-. The van der Waals surface area contributed by atoms with Crippen LogP contribution in [0.5, 0.6) is 0 Å². The van der Waals surface area contributed by atoms with E-state index in [2.05, 4.69) is 5.16 Å². The Bertz CT molecular complexity index is 323. The number of halogens is 2. The minimum atomic E-state index is 0.000000000000000444. The van der Waals surface area contributed by atoms with Crippen molar-refractivity contribution in [2.24, 2.45) is 5.16 Å². The van der Waals surface area contributed by atoms with E-state index in [-0.39, 0.29) is 5.17 Å². The second kappa shape index (κ2) is 3.78. The van der Waals surface area contributed by atoms with Crippen LogP contribution in [0.2, 0.25) is 5.02 Å². The lowest BCUT2D eigenvalue weighted by molar-refractivity contribution is 0.321. The molecule has 0 amide bonds. The molecular formula is C8H7Cl2NO. The summed E-state index contributed by atoms with van der Waals surface area (Å²) in [5, 5.41) is 11.7. The molecule has 1 rings (SSSR count).